The van der Waals surface area contributed by atoms with Crippen molar-refractivity contribution in [3.63, 3.8) is 0 Å². The summed E-state index contributed by atoms with van der Waals surface area (Å²) in [6.07, 6.45) is 2.02. The van der Waals surface area contributed by atoms with Gasteiger partial charge in [-0.3, -0.25) is 9.52 Å². The standard InChI is InChI=1S/C14H21N3O3S.ClH/c1-11-4-5-12(10-13(11)16-21(2,19)20)14(18)17-8-3-6-15-7-9-17;/h4-5,10,15-16H,3,6-9H2,1-2H3;1H. The molecule has 2 rings (SSSR count). The van der Waals surface area contributed by atoms with E-state index in [1.54, 1.807) is 30.0 Å². The Balaban J connectivity index is 0.00000242. The zero-order chi connectivity index (χ0) is 15.5. The van der Waals surface area contributed by atoms with Crippen LogP contribution in [0, 0.1) is 6.92 Å². The molecule has 1 aliphatic heterocycles. The number of hydrogen-bond acceptors (Lipinski definition) is 4. The fourth-order valence-corrected chi connectivity index (χ4v) is 2.92. The second-order valence-corrected chi connectivity index (χ2v) is 7.05. The first kappa shape index (κ1) is 18.7. The minimum absolute atomic E-state index is 0. The number of rotatable bonds is 3. The molecule has 0 aliphatic carbocycles. The lowest BCUT2D eigenvalue weighted by atomic mass is 10.1. The Kier molecular flexibility index (Phi) is 6.65. The maximum atomic E-state index is 12.5. The lowest BCUT2D eigenvalue weighted by molar-refractivity contribution is 0.0766. The average molecular weight is 348 g/mol. The highest BCUT2D eigenvalue weighted by atomic mass is 35.5. The number of nitrogens with one attached hydrogen (secondary N) is 2. The maximum absolute atomic E-state index is 12.5. The van der Waals surface area contributed by atoms with Crippen molar-refractivity contribution in [1.82, 2.24) is 10.2 Å². The average Bonchev–Trinajstić information content (AvgIpc) is 2.68. The zero-order valence-electron chi connectivity index (χ0n) is 12.8. The largest absolute Gasteiger partial charge is 0.337 e. The van der Waals surface area contributed by atoms with Crippen molar-refractivity contribution in [2.24, 2.45) is 0 Å². The first-order valence-electron chi connectivity index (χ1n) is 6.95. The quantitative estimate of drug-likeness (QED) is 0.861. The molecule has 0 unspecified atom stereocenters. The number of hydrogen-bond donors (Lipinski definition) is 2. The predicted molar refractivity (Wildman–Crippen MR) is 90.3 cm³/mol. The highest BCUT2D eigenvalue weighted by Crippen LogP contribution is 2.19. The Hall–Kier alpha value is -1.31. The molecule has 1 heterocycles. The minimum Gasteiger partial charge on any atom is -0.337 e. The van der Waals surface area contributed by atoms with E-state index in [1.165, 1.54) is 0 Å². The van der Waals surface area contributed by atoms with E-state index in [0.29, 0.717) is 24.3 Å². The lowest BCUT2D eigenvalue weighted by Crippen LogP contribution is -2.34. The van der Waals surface area contributed by atoms with Crippen LogP contribution in [0.3, 0.4) is 0 Å². The molecule has 1 aromatic rings. The van der Waals surface area contributed by atoms with Crippen molar-refractivity contribution in [3.05, 3.63) is 29.3 Å². The van der Waals surface area contributed by atoms with Crippen molar-refractivity contribution in [2.45, 2.75) is 13.3 Å². The van der Waals surface area contributed by atoms with Gasteiger partial charge in [-0.25, -0.2) is 8.42 Å². The number of halogens is 1. The summed E-state index contributed by atoms with van der Waals surface area (Å²) in [5.74, 6) is -0.0600. The van der Waals surface area contributed by atoms with Gasteiger partial charge in [-0.05, 0) is 37.6 Å². The number of benzene rings is 1. The van der Waals surface area contributed by atoms with E-state index in [0.717, 1.165) is 31.3 Å². The topological polar surface area (TPSA) is 78.5 Å². The lowest BCUT2D eigenvalue weighted by Gasteiger charge is -2.20. The van der Waals surface area contributed by atoms with Gasteiger partial charge in [-0.2, -0.15) is 0 Å². The highest BCUT2D eigenvalue weighted by molar-refractivity contribution is 7.92. The minimum atomic E-state index is -3.36. The summed E-state index contributed by atoms with van der Waals surface area (Å²) >= 11 is 0. The second-order valence-electron chi connectivity index (χ2n) is 5.30. The van der Waals surface area contributed by atoms with Gasteiger partial charge >= 0.3 is 0 Å². The van der Waals surface area contributed by atoms with Crippen LogP contribution in [-0.4, -0.2) is 51.7 Å². The first-order chi connectivity index (χ1) is 9.87. The molecule has 2 N–H and O–H groups in total. The van der Waals surface area contributed by atoms with Crippen LogP contribution < -0.4 is 10.0 Å². The smallest absolute Gasteiger partial charge is 0.253 e. The molecule has 0 spiro atoms. The molecular formula is C14H22ClN3O3S. The first-order valence-corrected chi connectivity index (χ1v) is 8.84. The van der Waals surface area contributed by atoms with E-state index < -0.39 is 10.0 Å². The second kappa shape index (κ2) is 7.80. The number of carbonyl (C=O) groups excluding carboxylic acids is 1. The zero-order valence-corrected chi connectivity index (χ0v) is 14.4. The molecule has 22 heavy (non-hydrogen) atoms. The van der Waals surface area contributed by atoms with Gasteiger partial charge in [0, 0.05) is 25.2 Å². The van der Waals surface area contributed by atoms with Crippen LogP contribution in [-0.2, 0) is 10.0 Å². The molecule has 0 aromatic heterocycles. The summed E-state index contributed by atoms with van der Waals surface area (Å²) < 4.78 is 25.2. The van der Waals surface area contributed by atoms with Gasteiger partial charge in [-0.1, -0.05) is 6.07 Å². The van der Waals surface area contributed by atoms with Gasteiger partial charge in [0.2, 0.25) is 10.0 Å². The molecule has 0 saturated carbocycles. The van der Waals surface area contributed by atoms with Crippen LogP contribution in [0.2, 0.25) is 0 Å². The third-order valence-electron chi connectivity index (χ3n) is 3.41. The van der Waals surface area contributed by atoms with Crippen molar-refractivity contribution < 1.29 is 13.2 Å². The molecule has 8 heteroatoms. The SMILES string of the molecule is Cc1ccc(C(=O)N2CCCNCC2)cc1NS(C)(=O)=O.Cl. The van der Waals surface area contributed by atoms with E-state index in [2.05, 4.69) is 10.0 Å². The third kappa shape index (κ3) is 5.15. The van der Waals surface area contributed by atoms with Crippen LogP contribution in [0.1, 0.15) is 22.3 Å². The van der Waals surface area contributed by atoms with Gasteiger partial charge in [-0.15, -0.1) is 12.4 Å². The number of anilines is 1. The molecule has 6 nitrogen and oxygen atoms in total. The Morgan fingerprint density at radius 1 is 1.27 bits per heavy atom. The number of amides is 1. The van der Waals surface area contributed by atoms with E-state index >= 15 is 0 Å². The summed E-state index contributed by atoms with van der Waals surface area (Å²) in [5.41, 5.74) is 1.75. The Bertz CT molecular complexity index is 626. The maximum Gasteiger partial charge on any atom is 0.253 e. The fraction of sp³-hybridized carbons (Fsp3) is 0.500. The summed E-state index contributed by atoms with van der Waals surface area (Å²) in [6.45, 7) is 4.89. The number of sulfonamides is 1. The van der Waals surface area contributed by atoms with E-state index in [9.17, 15) is 13.2 Å². The normalized spacial score (nSPS) is 15.6. The van der Waals surface area contributed by atoms with Crippen molar-refractivity contribution >= 4 is 34.0 Å². The molecule has 1 fully saturated rings. The molecular weight excluding hydrogens is 326 g/mol. The van der Waals surface area contributed by atoms with Gasteiger partial charge in [0.25, 0.3) is 5.91 Å². The Morgan fingerprint density at radius 3 is 2.68 bits per heavy atom. The molecule has 0 atom stereocenters. The summed E-state index contributed by atoms with van der Waals surface area (Å²) in [6, 6.07) is 5.11. The summed E-state index contributed by atoms with van der Waals surface area (Å²) in [4.78, 5) is 14.3. The summed E-state index contributed by atoms with van der Waals surface area (Å²) in [7, 11) is -3.36. The molecule has 1 amide bonds. The number of aryl methyl sites for hydroxylation is 1. The fourth-order valence-electron chi connectivity index (χ4n) is 2.30. The molecule has 124 valence electrons. The van der Waals surface area contributed by atoms with Gasteiger partial charge in [0.1, 0.15) is 0 Å². The Labute approximate surface area is 137 Å². The van der Waals surface area contributed by atoms with Crippen molar-refractivity contribution in [1.29, 1.82) is 0 Å². The van der Waals surface area contributed by atoms with Gasteiger partial charge in [0.15, 0.2) is 0 Å². The van der Waals surface area contributed by atoms with Crippen LogP contribution >= 0.6 is 12.4 Å². The van der Waals surface area contributed by atoms with Crippen LogP contribution in [0.5, 0.6) is 0 Å². The molecule has 0 radical (unpaired) electrons. The van der Waals surface area contributed by atoms with Crippen LogP contribution in [0.25, 0.3) is 0 Å². The van der Waals surface area contributed by atoms with E-state index in [4.69, 9.17) is 0 Å². The van der Waals surface area contributed by atoms with E-state index in [-0.39, 0.29) is 18.3 Å². The number of carbonyl (C=O) groups is 1. The molecule has 1 aliphatic rings. The Morgan fingerprint density at radius 2 is 2.00 bits per heavy atom. The summed E-state index contributed by atoms with van der Waals surface area (Å²) in [5, 5.41) is 3.25. The third-order valence-corrected chi connectivity index (χ3v) is 4.00. The highest BCUT2D eigenvalue weighted by Gasteiger charge is 2.18. The van der Waals surface area contributed by atoms with E-state index in [1.807, 2.05) is 0 Å². The number of nitrogens with zero attached hydrogens (tertiary/aromatic N) is 1. The van der Waals surface area contributed by atoms with Crippen LogP contribution in [0.15, 0.2) is 18.2 Å². The van der Waals surface area contributed by atoms with Gasteiger partial charge < -0.3 is 10.2 Å². The van der Waals surface area contributed by atoms with Gasteiger partial charge in [0.05, 0.1) is 11.9 Å². The molecule has 1 aromatic carbocycles. The molecule has 0 bridgehead atoms. The predicted octanol–water partition coefficient (Wildman–Crippen LogP) is 1.22. The molecule has 1 saturated heterocycles. The van der Waals surface area contributed by atoms with Crippen molar-refractivity contribution in [3.8, 4) is 0 Å². The van der Waals surface area contributed by atoms with Crippen molar-refractivity contribution in [2.75, 3.05) is 37.2 Å². The monoisotopic (exact) mass is 347 g/mol. The van der Waals surface area contributed by atoms with Crippen LogP contribution in [0.4, 0.5) is 5.69 Å².